The number of hydrogen-bond donors (Lipinski definition) is 0. The first-order valence-corrected chi connectivity index (χ1v) is 21.2. The third-order valence-electron chi connectivity index (χ3n) is 10.5. The van der Waals surface area contributed by atoms with Crippen molar-refractivity contribution in [2.24, 2.45) is 5.92 Å². The fourth-order valence-corrected chi connectivity index (χ4v) is 6.75. The van der Waals surface area contributed by atoms with E-state index in [0.717, 1.165) is 109 Å². The molecule has 6 nitrogen and oxygen atoms in total. The molecule has 0 aliphatic carbocycles. The Morgan fingerprint density at radius 3 is 1.34 bits per heavy atom. The van der Waals surface area contributed by atoms with E-state index in [2.05, 4.69) is 88.4 Å². The Balaban J connectivity index is 1.45. The molecule has 0 radical (unpaired) electrons. The van der Waals surface area contributed by atoms with Crippen LogP contribution in [0.1, 0.15) is 101 Å². The average molecular weight is 787 g/mol. The molecular weight excluding hydrogens is 729 g/mol. The summed E-state index contributed by atoms with van der Waals surface area (Å²) < 4.78 is 24.2. The third kappa shape index (κ3) is 12.6. The fraction of sp³-hybridized carbons (Fsp3) is 0.321. The lowest BCUT2D eigenvalue weighted by atomic mass is 9.95. The SMILES string of the molecule is CCCCOc1ccc(-c2ccc(/C=C(\C#N)c3cc(OCC(CC)CCCC)c(/C(C#N)=C/c4ccc(-c5ccc(OCCCC)cc5)cc4)cc3OC)cc2)cc1. The van der Waals surface area contributed by atoms with Gasteiger partial charge in [-0.3, -0.25) is 0 Å². The number of rotatable bonds is 22. The Morgan fingerprint density at radius 1 is 0.542 bits per heavy atom. The van der Waals surface area contributed by atoms with Crippen LogP contribution in [0.15, 0.2) is 109 Å². The van der Waals surface area contributed by atoms with Gasteiger partial charge in [0.15, 0.2) is 0 Å². The van der Waals surface area contributed by atoms with Crippen LogP contribution in [0.2, 0.25) is 0 Å². The van der Waals surface area contributed by atoms with Crippen molar-refractivity contribution in [1.29, 1.82) is 10.5 Å². The first-order chi connectivity index (χ1) is 28.9. The molecule has 0 amide bonds. The van der Waals surface area contributed by atoms with Gasteiger partial charge in [0.2, 0.25) is 0 Å². The van der Waals surface area contributed by atoms with Gasteiger partial charge in [-0.1, -0.05) is 133 Å². The van der Waals surface area contributed by atoms with Gasteiger partial charge in [-0.2, -0.15) is 10.5 Å². The maximum Gasteiger partial charge on any atom is 0.128 e. The van der Waals surface area contributed by atoms with Crippen LogP contribution in [0.5, 0.6) is 23.0 Å². The monoisotopic (exact) mass is 786 g/mol. The fourth-order valence-electron chi connectivity index (χ4n) is 6.75. The van der Waals surface area contributed by atoms with Gasteiger partial charge in [0, 0.05) is 11.1 Å². The van der Waals surface area contributed by atoms with E-state index in [0.29, 0.717) is 46.3 Å². The number of nitriles is 2. The first kappa shape index (κ1) is 43.9. The summed E-state index contributed by atoms with van der Waals surface area (Å²) in [6.07, 6.45) is 12.3. The van der Waals surface area contributed by atoms with Gasteiger partial charge >= 0.3 is 0 Å². The number of ether oxygens (including phenoxy) is 4. The lowest BCUT2D eigenvalue weighted by Gasteiger charge is -2.20. The van der Waals surface area contributed by atoms with Crippen LogP contribution in [-0.2, 0) is 0 Å². The minimum Gasteiger partial charge on any atom is -0.496 e. The number of hydrogen-bond acceptors (Lipinski definition) is 6. The van der Waals surface area contributed by atoms with E-state index >= 15 is 0 Å². The maximum absolute atomic E-state index is 10.6. The predicted molar refractivity (Wildman–Crippen MR) is 243 cm³/mol. The van der Waals surface area contributed by atoms with E-state index in [-0.39, 0.29) is 0 Å². The molecule has 0 bridgehead atoms. The number of methoxy groups -OCH3 is 1. The van der Waals surface area contributed by atoms with Gasteiger partial charge in [-0.15, -0.1) is 0 Å². The van der Waals surface area contributed by atoms with E-state index in [9.17, 15) is 10.5 Å². The molecule has 5 aromatic carbocycles. The molecule has 0 fully saturated rings. The zero-order valence-electron chi connectivity index (χ0n) is 35.4. The summed E-state index contributed by atoms with van der Waals surface area (Å²) in [5, 5.41) is 21.1. The normalized spacial score (nSPS) is 12.0. The Labute approximate surface area is 352 Å². The quantitative estimate of drug-likeness (QED) is 0.0395. The van der Waals surface area contributed by atoms with Crippen LogP contribution >= 0.6 is 0 Å². The highest BCUT2D eigenvalue weighted by Crippen LogP contribution is 2.39. The van der Waals surface area contributed by atoms with Gasteiger partial charge in [0.05, 0.1) is 50.2 Å². The molecule has 0 spiro atoms. The minimum absolute atomic E-state index is 0.363. The van der Waals surface area contributed by atoms with Crippen molar-refractivity contribution in [3.63, 3.8) is 0 Å². The minimum atomic E-state index is 0.363. The number of benzene rings is 5. The topological polar surface area (TPSA) is 84.5 Å². The summed E-state index contributed by atoms with van der Waals surface area (Å²) in [5.41, 5.74) is 8.15. The number of allylic oxidation sites excluding steroid dienone is 2. The number of nitrogens with zero attached hydrogens (tertiary/aromatic N) is 2. The second-order valence-electron chi connectivity index (χ2n) is 14.8. The summed E-state index contributed by atoms with van der Waals surface area (Å²) in [6.45, 7) is 10.6. The van der Waals surface area contributed by atoms with Crippen LogP contribution in [0.4, 0.5) is 0 Å². The second-order valence-corrected chi connectivity index (χ2v) is 14.8. The molecule has 59 heavy (non-hydrogen) atoms. The summed E-state index contributed by atoms with van der Waals surface area (Å²) in [7, 11) is 1.59. The summed E-state index contributed by atoms with van der Waals surface area (Å²) in [5.74, 6) is 3.12. The Morgan fingerprint density at radius 2 is 0.949 bits per heavy atom. The molecule has 0 N–H and O–H groups in total. The molecule has 5 rings (SSSR count). The molecule has 0 aromatic heterocycles. The van der Waals surface area contributed by atoms with Crippen molar-refractivity contribution in [2.75, 3.05) is 26.9 Å². The van der Waals surface area contributed by atoms with Crippen molar-refractivity contribution >= 4 is 23.3 Å². The first-order valence-electron chi connectivity index (χ1n) is 21.2. The highest BCUT2D eigenvalue weighted by atomic mass is 16.5. The Kier molecular flexibility index (Phi) is 17.3. The van der Waals surface area contributed by atoms with Crippen molar-refractivity contribution in [1.82, 2.24) is 0 Å². The highest BCUT2D eigenvalue weighted by Gasteiger charge is 2.20. The van der Waals surface area contributed by atoms with Gasteiger partial charge in [0.25, 0.3) is 0 Å². The average Bonchev–Trinajstić information content (AvgIpc) is 3.28. The van der Waals surface area contributed by atoms with Crippen LogP contribution in [0, 0.1) is 28.6 Å². The molecule has 0 saturated heterocycles. The second kappa shape index (κ2) is 23.2. The Bertz CT molecular complexity index is 2210. The van der Waals surface area contributed by atoms with Crippen LogP contribution in [0.3, 0.4) is 0 Å². The molecule has 5 aromatic rings. The van der Waals surface area contributed by atoms with E-state index in [4.69, 9.17) is 18.9 Å². The molecule has 1 unspecified atom stereocenters. The van der Waals surface area contributed by atoms with Gasteiger partial charge in [-0.25, -0.2) is 0 Å². The summed E-state index contributed by atoms with van der Waals surface area (Å²) in [6, 6.07) is 41.1. The molecule has 6 heteroatoms. The predicted octanol–water partition coefficient (Wildman–Crippen LogP) is 14.1. The lowest BCUT2D eigenvalue weighted by molar-refractivity contribution is 0.232. The van der Waals surface area contributed by atoms with Crippen LogP contribution in [-0.4, -0.2) is 26.9 Å². The van der Waals surface area contributed by atoms with E-state index in [1.165, 1.54) is 0 Å². The number of unbranched alkanes of at least 4 members (excludes halogenated alkanes) is 3. The van der Waals surface area contributed by atoms with Crippen molar-refractivity contribution in [3.05, 3.63) is 131 Å². The molecule has 0 heterocycles. The zero-order valence-corrected chi connectivity index (χ0v) is 35.4. The zero-order chi connectivity index (χ0) is 41.8. The third-order valence-corrected chi connectivity index (χ3v) is 10.5. The smallest absolute Gasteiger partial charge is 0.128 e. The standard InChI is InChI=1S/C53H58N2O4/c1-6-10-13-39(9-4)38-59-53-35-50(46(36-54)32-40-14-18-42(19-15-40)44-22-26-48(27-23-44)57-30-11-7-2)52(56-5)34-51(53)47(37-55)33-41-16-20-43(21-17-41)45-24-28-49(29-25-45)58-31-12-8-3/h14-29,32-35,39H,6-13,30-31,38H2,1-5H3/b46-32+,47-33+. The van der Waals surface area contributed by atoms with Gasteiger partial charge in [-0.05, 0) is 107 Å². The molecule has 0 aliphatic heterocycles. The van der Waals surface area contributed by atoms with Crippen molar-refractivity contribution < 1.29 is 18.9 Å². The van der Waals surface area contributed by atoms with E-state index < -0.39 is 0 Å². The summed E-state index contributed by atoms with van der Waals surface area (Å²) >= 11 is 0. The molecule has 1 atom stereocenters. The van der Waals surface area contributed by atoms with Crippen LogP contribution < -0.4 is 18.9 Å². The highest BCUT2D eigenvalue weighted by molar-refractivity contribution is 5.96. The lowest BCUT2D eigenvalue weighted by Crippen LogP contribution is -2.12. The molecule has 304 valence electrons. The van der Waals surface area contributed by atoms with Gasteiger partial charge < -0.3 is 18.9 Å². The van der Waals surface area contributed by atoms with Gasteiger partial charge in [0.1, 0.15) is 23.0 Å². The van der Waals surface area contributed by atoms with E-state index in [1.54, 1.807) is 7.11 Å². The summed E-state index contributed by atoms with van der Waals surface area (Å²) in [4.78, 5) is 0. The van der Waals surface area contributed by atoms with E-state index in [1.807, 2.05) is 72.8 Å². The molecular formula is C53H58N2O4. The largest absolute Gasteiger partial charge is 0.496 e. The maximum atomic E-state index is 10.6. The van der Waals surface area contributed by atoms with Crippen LogP contribution in [0.25, 0.3) is 45.6 Å². The van der Waals surface area contributed by atoms with Crippen molar-refractivity contribution in [2.45, 2.75) is 79.1 Å². The Hall–Kier alpha value is -6.24. The van der Waals surface area contributed by atoms with Crippen molar-refractivity contribution in [3.8, 4) is 57.4 Å². The molecule has 0 aliphatic rings. The molecule has 0 saturated carbocycles.